The molecule has 0 bridgehead atoms. The van der Waals surface area contributed by atoms with Crippen LogP contribution in [0.1, 0.15) is 17.2 Å². The first-order valence-electron chi connectivity index (χ1n) is 6.17. The molecule has 0 fully saturated rings. The van der Waals surface area contributed by atoms with Crippen molar-refractivity contribution in [3.8, 4) is 0 Å². The number of rotatable bonds is 2. The molecule has 5 heteroatoms. The molecule has 0 saturated heterocycles. The Hall–Kier alpha value is -1.17. The SMILES string of the molecule is NC1C(=O)N(Cc2ccc(Br)cc2)c2cc(Br)ccc21. The van der Waals surface area contributed by atoms with Gasteiger partial charge in [0.05, 0.1) is 12.2 Å². The number of hydrogen-bond acceptors (Lipinski definition) is 2. The predicted molar refractivity (Wildman–Crippen MR) is 86.4 cm³/mol. The van der Waals surface area contributed by atoms with Crippen LogP contribution in [0.4, 0.5) is 5.69 Å². The van der Waals surface area contributed by atoms with Crippen molar-refractivity contribution in [3.05, 3.63) is 62.5 Å². The molecule has 20 heavy (non-hydrogen) atoms. The Morgan fingerprint density at radius 1 is 1.05 bits per heavy atom. The first kappa shape index (κ1) is 13.8. The first-order valence-corrected chi connectivity index (χ1v) is 7.76. The molecule has 1 heterocycles. The second-order valence-electron chi connectivity index (χ2n) is 4.73. The lowest BCUT2D eigenvalue weighted by Gasteiger charge is -2.18. The average molecular weight is 396 g/mol. The number of nitrogens with two attached hydrogens (primary N) is 1. The molecule has 3 nitrogen and oxygen atoms in total. The molecule has 0 saturated carbocycles. The van der Waals surface area contributed by atoms with E-state index in [2.05, 4.69) is 31.9 Å². The summed E-state index contributed by atoms with van der Waals surface area (Å²) in [7, 11) is 0. The highest BCUT2D eigenvalue weighted by Crippen LogP contribution is 2.37. The second-order valence-corrected chi connectivity index (χ2v) is 6.56. The average Bonchev–Trinajstić information content (AvgIpc) is 2.66. The van der Waals surface area contributed by atoms with Crippen LogP contribution in [0.5, 0.6) is 0 Å². The summed E-state index contributed by atoms with van der Waals surface area (Å²) in [5.41, 5.74) is 8.84. The van der Waals surface area contributed by atoms with Crippen LogP contribution in [0.25, 0.3) is 0 Å². The van der Waals surface area contributed by atoms with Gasteiger partial charge in [-0.3, -0.25) is 4.79 Å². The summed E-state index contributed by atoms with van der Waals surface area (Å²) in [6.45, 7) is 0.531. The third-order valence-electron chi connectivity index (χ3n) is 3.40. The monoisotopic (exact) mass is 394 g/mol. The van der Waals surface area contributed by atoms with Crippen molar-refractivity contribution < 1.29 is 4.79 Å². The molecular weight excluding hydrogens is 384 g/mol. The minimum absolute atomic E-state index is 0.0546. The van der Waals surface area contributed by atoms with Crippen LogP contribution in [0.3, 0.4) is 0 Å². The van der Waals surface area contributed by atoms with Crippen molar-refractivity contribution in [3.63, 3.8) is 0 Å². The molecule has 3 rings (SSSR count). The van der Waals surface area contributed by atoms with Crippen molar-refractivity contribution in [2.24, 2.45) is 5.73 Å². The van der Waals surface area contributed by atoms with Crippen molar-refractivity contribution in [1.82, 2.24) is 0 Å². The molecule has 1 aliphatic rings. The van der Waals surface area contributed by atoms with Gasteiger partial charge < -0.3 is 10.6 Å². The highest BCUT2D eigenvalue weighted by Gasteiger charge is 2.34. The molecule has 1 atom stereocenters. The van der Waals surface area contributed by atoms with E-state index in [1.54, 1.807) is 4.90 Å². The van der Waals surface area contributed by atoms with Crippen LogP contribution in [-0.4, -0.2) is 5.91 Å². The Bertz CT molecular complexity index is 670. The van der Waals surface area contributed by atoms with Gasteiger partial charge >= 0.3 is 0 Å². The van der Waals surface area contributed by atoms with E-state index in [0.717, 1.165) is 25.8 Å². The minimum Gasteiger partial charge on any atom is -0.316 e. The molecule has 1 aliphatic heterocycles. The van der Waals surface area contributed by atoms with Crippen LogP contribution in [0.15, 0.2) is 51.4 Å². The molecule has 2 N–H and O–H groups in total. The predicted octanol–water partition coefficient (Wildman–Crippen LogP) is 3.76. The lowest BCUT2D eigenvalue weighted by molar-refractivity contribution is -0.119. The molecule has 2 aromatic carbocycles. The van der Waals surface area contributed by atoms with Gasteiger partial charge in [-0.15, -0.1) is 0 Å². The van der Waals surface area contributed by atoms with E-state index < -0.39 is 6.04 Å². The van der Waals surface area contributed by atoms with E-state index in [4.69, 9.17) is 5.73 Å². The molecule has 2 aromatic rings. The lowest BCUT2D eigenvalue weighted by atomic mass is 10.1. The Morgan fingerprint density at radius 2 is 1.70 bits per heavy atom. The van der Waals surface area contributed by atoms with E-state index in [9.17, 15) is 4.79 Å². The molecule has 0 aliphatic carbocycles. The number of carbonyl (C=O) groups excluding carboxylic acids is 1. The smallest absolute Gasteiger partial charge is 0.248 e. The number of fused-ring (bicyclic) bond motifs is 1. The maximum Gasteiger partial charge on any atom is 0.248 e. The zero-order valence-corrected chi connectivity index (χ0v) is 13.7. The van der Waals surface area contributed by atoms with Gasteiger partial charge in [0.25, 0.3) is 0 Å². The fraction of sp³-hybridized carbons (Fsp3) is 0.133. The number of nitrogens with zero attached hydrogens (tertiary/aromatic N) is 1. The maximum absolute atomic E-state index is 12.3. The summed E-state index contributed by atoms with van der Waals surface area (Å²) in [6, 6.07) is 13.1. The summed E-state index contributed by atoms with van der Waals surface area (Å²) in [4.78, 5) is 14.1. The minimum atomic E-state index is -0.562. The third kappa shape index (κ3) is 2.41. The zero-order chi connectivity index (χ0) is 14.3. The van der Waals surface area contributed by atoms with Crippen molar-refractivity contribution in [1.29, 1.82) is 0 Å². The zero-order valence-electron chi connectivity index (χ0n) is 10.5. The van der Waals surface area contributed by atoms with Gasteiger partial charge in [-0.1, -0.05) is 50.1 Å². The van der Waals surface area contributed by atoms with Gasteiger partial charge in [0.2, 0.25) is 5.91 Å². The summed E-state index contributed by atoms with van der Waals surface area (Å²) >= 11 is 6.85. The fourth-order valence-electron chi connectivity index (χ4n) is 2.37. The van der Waals surface area contributed by atoms with Crippen molar-refractivity contribution in [2.75, 3.05) is 4.90 Å². The van der Waals surface area contributed by atoms with Crippen LogP contribution in [0.2, 0.25) is 0 Å². The van der Waals surface area contributed by atoms with Crippen LogP contribution in [-0.2, 0) is 11.3 Å². The van der Waals surface area contributed by atoms with Crippen LogP contribution < -0.4 is 10.6 Å². The van der Waals surface area contributed by atoms with Gasteiger partial charge in [-0.25, -0.2) is 0 Å². The van der Waals surface area contributed by atoms with Gasteiger partial charge in [0.1, 0.15) is 6.04 Å². The summed E-state index contributed by atoms with van der Waals surface area (Å²) in [5, 5.41) is 0. The normalized spacial score (nSPS) is 17.4. The van der Waals surface area contributed by atoms with Gasteiger partial charge in [-0.2, -0.15) is 0 Å². The summed E-state index contributed by atoms with van der Waals surface area (Å²) in [5.74, 6) is -0.0546. The Kier molecular flexibility index (Phi) is 3.67. The summed E-state index contributed by atoms with van der Waals surface area (Å²) < 4.78 is 1.97. The molecule has 0 radical (unpaired) electrons. The number of benzene rings is 2. The third-order valence-corrected chi connectivity index (χ3v) is 4.43. The number of halogens is 2. The van der Waals surface area contributed by atoms with Crippen molar-refractivity contribution in [2.45, 2.75) is 12.6 Å². The largest absolute Gasteiger partial charge is 0.316 e. The van der Waals surface area contributed by atoms with Crippen LogP contribution >= 0.6 is 31.9 Å². The van der Waals surface area contributed by atoms with E-state index in [0.29, 0.717) is 6.54 Å². The van der Waals surface area contributed by atoms with Crippen LogP contribution in [0, 0.1) is 0 Å². The number of hydrogen-bond donors (Lipinski definition) is 1. The fourth-order valence-corrected chi connectivity index (χ4v) is 2.98. The maximum atomic E-state index is 12.3. The van der Waals surface area contributed by atoms with Crippen molar-refractivity contribution >= 4 is 43.5 Å². The molecule has 102 valence electrons. The lowest BCUT2D eigenvalue weighted by Crippen LogP contribution is -2.31. The number of amides is 1. The highest BCUT2D eigenvalue weighted by atomic mass is 79.9. The quantitative estimate of drug-likeness (QED) is 0.841. The van der Waals surface area contributed by atoms with E-state index in [-0.39, 0.29) is 5.91 Å². The highest BCUT2D eigenvalue weighted by molar-refractivity contribution is 9.10. The molecule has 1 unspecified atom stereocenters. The Morgan fingerprint density at radius 3 is 2.40 bits per heavy atom. The number of carbonyl (C=O) groups is 1. The standard InChI is InChI=1S/C15H12Br2N2O/c16-10-3-1-9(2-4-10)8-19-13-7-11(17)5-6-12(13)14(18)15(19)20/h1-7,14H,8,18H2. The van der Waals surface area contributed by atoms with Gasteiger partial charge in [-0.05, 0) is 29.8 Å². The van der Waals surface area contributed by atoms with E-state index >= 15 is 0 Å². The Balaban J connectivity index is 1.96. The number of anilines is 1. The molecule has 1 amide bonds. The Labute approximate surface area is 134 Å². The molecule has 0 spiro atoms. The van der Waals surface area contributed by atoms with E-state index in [1.807, 2.05) is 42.5 Å². The second kappa shape index (κ2) is 5.31. The molecular formula is C15H12Br2N2O. The van der Waals surface area contributed by atoms with Gasteiger partial charge in [0, 0.05) is 14.5 Å². The molecule has 0 aromatic heterocycles. The van der Waals surface area contributed by atoms with E-state index in [1.165, 1.54) is 0 Å². The van der Waals surface area contributed by atoms with Gasteiger partial charge in [0.15, 0.2) is 0 Å². The topological polar surface area (TPSA) is 46.3 Å². The summed E-state index contributed by atoms with van der Waals surface area (Å²) in [6.07, 6.45) is 0. The first-order chi connectivity index (χ1) is 9.56.